The molecule has 7 nitrogen and oxygen atoms in total. The van der Waals surface area contributed by atoms with Crippen molar-refractivity contribution in [3.05, 3.63) is 89.0 Å². The number of ether oxygens (including phenoxy) is 2. The maximum atomic E-state index is 13.4. The Morgan fingerprint density at radius 1 is 0.907 bits per heavy atom. The first-order valence-corrected chi connectivity index (χ1v) is 13.1. The number of carbonyl (C=O) groups is 2. The van der Waals surface area contributed by atoms with Crippen LogP contribution in [0.3, 0.4) is 0 Å². The number of benzene rings is 3. The molecule has 3 aromatic rings. The SMILES string of the molecule is CCCc1cc(C(O)(C(F)(F)F)C(F)(F)F)ccc1Oc1cccc(CN2C(=O)NC(C)(c3ccccc3OC)C2=O)c1. The van der Waals surface area contributed by atoms with Crippen LogP contribution in [0, 0.1) is 0 Å². The Morgan fingerprint density at radius 2 is 1.58 bits per heavy atom. The second-order valence-electron chi connectivity index (χ2n) is 10.2. The van der Waals surface area contributed by atoms with Gasteiger partial charge in [0.2, 0.25) is 0 Å². The van der Waals surface area contributed by atoms with Crippen LogP contribution >= 0.6 is 0 Å². The molecule has 0 spiro atoms. The van der Waals surface area contributed by atoms with E-state index in [1.807, 2.05) is 0 Å². The van der Waals surface area contributed by atoms with Crippen LogP contribution in [-0.2, 0) is 28.9 Å². The van der Waals surface area contributed by atoms with Crippen molar-refractivity contribution in [2.24, 2.45) is 0 Å². The Kier molecular flexibility index (Phi) is 8.42. The van der Waals surface area contributed by atoms with Gasteiger partial charge in [-0.25, -0.2) is 4.79 Å². The molecule has 1 fully saturated rings. The molecule has 3 aromatic carbocycles. The minimum atomic E-state index is -6.02. The molecule has 230 valence electrons. The van der Waals surface area contributed by atoms with Crippen LogP contribution in [0.5, 0.6) is 17.2 Å². The number of para-hydroxylation sites is 1. The number of aryl methyl sites for hydroxylation is 1. The van der Waals surface area contributed by atoms with Crippen molar-refractivity contribution in [3.8, 4) is 17.2 Å². The number of carbonyl (C=O) groups excluding carboxylic acids is 2. The van der Waals surface area contributed by atoms with E-state index in [0.29, 0.717) is 35.4 Å². The third-order valence-corrected chi connectivity index (χ3v) is 7.21. The van der Waals surface area contributed by atoms with E-state index < -0.39 is 41.0 Å². The standard InChI is InChI=1S/C30H28F6N2O5/c1-4-8-19-16-20(28(41,29(31,32)33)30(34,35)36)13-14-23(19)43-21-10-7-9-18(15-21)17-38-25(39)27(2,37-26(38)40)22-11-5-6-12-24(22)42-3/h5-7,9-16,41H,4,8,17H2,1-3H3,(H,37,40). The Bertz CT molecular complexity index is 1510. The number of urea groups is 1. The minimum Gasteiger partial charge on any atom is -0.496 e. The monoisotopic (exact) mass is 610 g/mol. The summed E-state index contributed by atoms with van der Waals surface area (Å²) in [5.41, 5.74) is -6.91. The van der Waals surface area contributed by atoms with Crippen LogP contribution < -0.4 is 14.8 Å². The largest absolute Gasteiger partial charge is 0.496 e. The van der Waals surface area contributed by atoms with E-state index in [0.717, 1.165) is 11.0 Å². The topological polar surface area (TPSA) is 88.1 Å². The lowest BCUT2D eigenvalue weighted by atomic mass is 9.90. The number of imide groups is 1. The first-order chi connectivity index (χ1) is 20.1. The smallest absolute Gasteiger partial charge is 0.430 e. The number of rotatable bonds is 9. The summed E-state index contributed by atoms with van der Waals surface area (Å²) in [6, 6.07) is 14.4. The van der Waals surface area contributed by atoms with Crippen molar-refractivity contribution in [1.82, 2.24) is 10.2 Å². The van der Waals surface area contributed by atoms with E-state index >= 15 is 0 Å². The van der Waals surface area contributed by atoms with Gasteiger partial charge < -0.3 is 19.9 Å². The number of halogens is 6. The molecule has 0 aromatic heterocycles. The van der Waals surface area contributed by atoms with Gasteiger partial charge in [0.25, 0.3) is 11.5 Å². The van der Waals surface area contributed by atoms with Crippen LogP contribution in [0.1, 0.15) is 42.5 Å². The molecule has 1 aliphatic rings. The van der Waals surface area contributed by atoms with Crippen molar-refractivity contribution >= 4 is 11.9 Å². The van der Waals surface area contributed by atoms with Gasteiger partial charge in [0.1, 0.15) is 22.8 Å². The van der Waals surface area contributed by atoms with E-state index in [4.69, 9.17) is 9.47 Å². The summed E-state index contributed by atoms with van der Waals surface area (Å²) in [6.45, 7) is 3.08. The predicted molar refractivity (Wildman–Crippen MR) is 142 cm³/mol. The van der Waals surface area contributed by atoms with E-state index in [2.05, 4.69) is 5.32 Å². The molecule has 0 aliphatic carbocycles. The third kappa shape index (κ3) is 5.73. The molecular weight excluding hydrogens is 582 g/mol. The fourth-order valence-corrected chi connectivity index (χ4v) is 4.95. The number of methoxy groups -OCH3 is 1. The number of hydrogen-bond acceptors (Lipinski definition) is 5. The molecule has 1 unspecified atom stereocenters. The van der Waals surface area contributed by atoms with Gasteiger partial charge in [-0.1, -0.05) is 49.7 Å². The molecule has 0 saturated carbocycles. The van der Waals surface area contributed by atoms with Crippen LogP contribution in [0.15, 0.2) is 66.7 Å². The first kappa shape index (κ1) is 31.7. The molecule has 1 atom stereocenters. The normalized spacial score (nSPS) is 17.7. The molecule has 1 aliphatic heterocycles. The van der Waals surface area contributed by atoms with Crippen LogP contribution in [0.25, 0.3) is 0 Å². The highest BCUT2D eigenvalue weighted by Gasteiger charge is 2.71. The number of hydrogen-bond donors (Lipinski definition) is 2. The summed E-state index contributed by atoms with van der Waals surface area (Å²) in [5.74, 6) is 0.0157. The van der Waals surface area contributed by atoms with Crippen molar-refractivity contribution in [2.45, 2.75) is 56.7 Å². The van der Waals surface area contributed by atoms with Gasteiger partial charge in [-0.15, -0.1) is 0 Å². The quantitative estimate of drug-likeness (QED) is 0.208. The number of amides is 3. The van der Waals surface area contributed by atoms with Crippen molar-refractivity contribution < 1.29 is 50.5 Å². The van der Waals surface area contributed by atoms with Crippen molar-refractivity contribution in [1.29, 1.82) is 0 Å². The molecule has 3 amide bonds. The van der Waals surface area contributed by atoms with Crippen LogP contribution in [0.2, 0.25) is 0 Å². The molecule has 43 heavy (non-hydrogen) atoms. The van der Waals surface area contributed by atoms with Gasteiger partial charge in [-0.3, -0.25) is 9.69 Å². The summed E-state index contributed by atoms with van der Waals surface area (Å²) in [5, 5.41) is 12.5. The maximum absolute atomic E-state index is 13.4. The third-order valence-electron chi connectivity index (χ3n) is 7.21. The highest BCUT2D eigenvalue weighted by Crippen LogP contribution is 2.50. The molecular formula is C30H28F6N2O5. The van der Waals surface area contributed by atoms with Gasteiger partial charge in [-0.2, -0.15) is 26.3 Å². The summed E-state index contributed by atoms with van der Waals surface area (Å²) >= 11 is 0. The van der Waals surface area contributed by atoms with Gasteiger partial charge >= 0.3 is 18.4 Å². The molecule has 1 heterocycles. The van der Waals surface area contributed by atoms with Gasteiger partial charge in [0.05, 0.1) is 13.7 Å². The fraction of sp³-hybridized carbons (Fsp3) is 0.333. The lowest BCUT2D eigenvalue weighted by Crippen LogP contribution is -2.53. The summed E-state index contributed by atoms with van der Waals surface area (Å²) in [4.78, 5) is 27.3. The average molecular weight is 611 g/mol. The summed E-state index contributed by atoms with van der Waals surface area (Å²) < 4.78 is 91.8. The lowest BCUT2D eigenvalue weighted by Gasteiger charge is -2.33. The van der Waals surface area contributed by atoms with Crippen molar-refractivity contribution in [3.63, 3.8) is 0 Å². The Morgan fingerprint density at radius 3 is 2.21 bits per heavy atom. The van der Waals surface area contributed by atoms with Crippen molar-refractivity contribution in [2.75, 3.05) is 7.11 Å². The first-order valence-electron chi connectivity index (χ1n) is 13.1. The van der Waals surface area contributed by atoms with Crippen LogP contribution in [-0.4, -0.2) is 41.4 Å². The summed E-state index contributed by atoms with van der Waals surface area (Å²) in [6.07, 6.45) is -11.6. The number of aliphatic hydroxyl groups is 1. The zero-order valence-electron chi connectivity index (χ0n) is 23.3. The molecule has 0 radical (unpaired) electrons. The molecule has 4 rings (SSSR count). The van der Waals surface area contributed by atoms with E-state index in [9.17, 15) is 41.0 Å². The zero-order valence-corrected chi connectivity index (χ0v) is 23.3. The number of alkyl halides is 6. The molecule has 2 N–H and O–H groups in total. The zero-order chi connectivity index (χ0) is 31.8. The van der Waals surface area contributed by atoms with Gasteiger partial charge in [-0.05, 0) is 54.8 Å². The predicted octanol–water partition coefficient (Wildman–Crippen LogP) is 6.72. The average Bonchev–Trinajstić information content (AvgIpc) is 3.16. The van der Waals surface area contributed by atoms with E-state index in [1.54, 1.807) is 50.2 Å². The molecule has 0 bridgehead atoms. The molecule has 1 saturated heterocycles. The summed E-state index contributed by atoms with van der Waals surface area (Å²) in [7, 11) is 1.44. The number of nitrogens with zero attached hydrogens (tertiary/aromatic N) is 1. The van der Waals surface area contributed by atoms with Crippen LogP contribution in [0.4, 0.5) is 31.1 Å². The maximum Gasteiger partial charge on any atom is 0.430 e. The lowest BCUT2D eigenvalue weighted by molar-refractivity contribution is -0.376. The Balaban J connectivity index is 1.61. The Hall–Kier alpha value is -4.26. The number of nitrogens with one attached hydrogen (secondary N) is 1. The highest BCUT2D eigenvalue weighted by atomic mass is 19.4. The highest BCUT2D eigenvalue weighted by molar-refractivity contribution is 6.07. The van der Waals surface area contributed by atoms with E-state index in [1.165, 1.54) is 19.2 Å². The van der Waals surface area contributed by atoms with Gasteiger partial charge in [0, 0.05) is 11.1 Å². The van der Waals surface area contributed by atoms with Gasteiger partial charge in [0.15, 0.2) is 0 Å². The Labute approximate surface area is 243 Å². The van der Waals surface area contributed by atoms with E-state index in [-0.39, 0.29) is 30.0 Å². The minimum absolute atomic E-state index is 0.0130. The molecule has 13 heteroatoms. The second kappa shape index (κ2) is 11.4. The second-order valence-corrected chi connectivity index (χ2v) is 10.2. The fourth-order valence-electron chi connectivity index (χ4n) is 4.95.